The standard InChI is InChI=1S/C9H7NO2/c11-6-10-8-3-1-2-7-4-5-12-9(7)8/h1-3H,4-5H2. The van der Waals surface area contributed by atoms with Crippen LogP contribution in [0.2, 0.25) is 0 Å². The third-order valence-electron chi connectivity index (χ3n) is 1.86. The molecule has 3 nitrogen and oxygen atoms in total. The third-order valence-corrected chi connectivity index (χ3v) is 1.86. The number of hydrogen-bond acceptors (Lipinski definition) is 3. The van der Waals surface area contributed by atoms with Crippen molar-refractivity contribution < 1.29 is 9.53 Å². The van der Waals surface area contributed by atoms with Gasteiger partial charge in [-0.3, -0.25) is 0 Å². The highest BCUT2D eigenvalue weighted by molar-refractivity contribution is 5.61. The van der Waals surface area contributed by atoms with Gasteiger partial charge in [0, 0.05) is 6.42 Å². The van der Waals surface area contributed by atoms with Crippen LogP contribution in [0.3, 0.4) is 0 Å². The van der Waals surface area contributed by atoms with Gasteiger partial charge in [-0.05, 0) is 11.6 Å². The molecular weight excluding hydrogens is 154 g/mol. The molecule has 12 heavy (non-hydrogen) atoms. The number of benzene rings is 1. The molecule has 0 radical (unpaired) electrons. The molecule has 1 aliphatic rings. The SMILES string of the molecule is O=C=Nc1cccc2c1OCC2. The molecular formula is C9H7NO2. The summed E-state index contributed by atoms with van der Waals surface area (Å²) in [5, 5.41) is 0. The maximum absolute atomic E-state index is 10.0. The first-order chi connectivity index (χ1) is 5.92. The number of rotatable bonds is 1. The zero-order chi connectivity index (χ0) is 8.39. The molecule has 0 aromatic heterocycles. The zero-order valence-electron chi connectivity index (χ0n) is 6.41. The lowest BCUT2D eigenvalue weighted by Gasteiger charge is -1.99. The lowest BCUT2D eigenvalue weighted by molar-refractivity contribution is 0.358. The van der Waals surface area contributed by atoms with E-state index in [0.29, 0.717) is 12.3 Å². The van der Waals surface area contributed by atoms with Gasteiger partial charge in [-0.2, -0.15) is 4.99 Å². The summed E-state index contributed by atoms with van der Waals surface area (Å²) in [7, 11) is 0. The van der Waals surface area contributed by atoms with Crippen LogP contribution in [0.1, 0.15) is 5.56 Å². The van der Waals surface area contributed by atoms with Gasteiger partial charge in [0.1, 0.15) is 11.4 Å². The summed E-state index contributed by atoms with van der Waals surface area (Å²) in [5.41, 5.74) is 1.70. The van der Waals surface area contributed by atoms with E-state index in [1.807, 2.05) is 12.1 Å². The van der Waals surface area contributed by atoms with E-state index in [9.17, 15) is 4.79 Å². The molecule has 0 bridgehead atoms. The Labute approximate surface area is 69.7 Å². The van der Waals surface area contributed by atoms with Gasteiger partial charge in [0.25, 0.3) is 0 Å². The summed E-state index contributed by atoms with van der Waals surface area (Å²) in [6.45, 7) is 0.681. The lowest BCUT2D eigenvalue weighted by atomic mass is 10.1. The van der Waals surface area contributed by atoms with E-state index in [1.165, 1.54) is 6.08 Å². The summed E-state index contributed by atoms with van der Waals surface area (Å²) < 4.78 is 5.31. The van der Waals surface area contributed by atoms with Gasteiger partial charge < -0.3 is 4.74 Å². The Bertz CT molecular complexity index is 354. The normalized spacial score (nSPS) is 13.0. The minimum atomic E-state index is 0.583. The minimum absolute atomic E-state index is 0.583. The fraction of sp³-hybridized carbons (Fsp3) is 0.222. The molecule has 3 heteroatoms. The molecule has 0 aliphatic carbocycles. The van der Waals surface area contributed by atoms with Gasteiger partial charge in [0.15, 0.2) is 0 Å². The summed E-state index contributed by atoms with van der Waals surface area (Å²) in [5.74, 6) is 0.737. The van der Waals surface area contributed by atoms with Gasteiger partial charge in [0.05, 0.1) is 6.61 Å². The van der Waals surface area contributed by atoms with E-state index >= 15 is 0 Å². The molecule has 1 aromatic rings. The van der Waals surface area contributed by atoms with E-state index in [2.05, 4.69) is 4.99 Å². The van der Waals surface area contributed by atoms with Crippen LogP contribution in [-0.2, 0) is 11.2 Å². The van der Waals surface area contributed by atoms with E-state index in [1.54, 1.807) is 6.07 Å². The molecule has 1 heterocycles. The molecule has 0 saturated carbocycles. The molecule has 0 spiro atoms. The van der Waals surface area contributed by atoms with Crippen LogP contribution in [0.25, 0.3) is 0 Å². The Morgan fingerprint density at radius 2 is 2.42 bits per heavy atom. The highest BCUT2D eigenvalue weighted by Gasteiger charge is 2.14. The Balaban J connectivity index is 2.56. The molecule has 1 aromatic carbocycles. The molecule has 0 fully saturated rings. The molecule has 60 valence electrons. The van der Waals surface area contributed by atoms with Crippen molar-refractivity contribution >= 4 is 11.8 Å². The van der Waals surface area contributed by atoms with Crippen molar-refractivity contribution in [3.63, 3.8) is 0 Å². The Hall–Kier alpha value is -1.60. The topological polar surface area (TPSA) is 38.7 Å². The highest BCUT2D eigenvalue weighted by Crippen LogP contribution is 2.34. The molecule has 2 rings (SSSR count). The average Bonchev–Trinajstić information content (AvgIpc) is 2.53. The largest absolute Gasteiger partial charge is 0.491 e. The lowest BCUT2D eigenvalue weighted by Crippen LogP contribution is -1.86. The van der Waals surface area contributed by atoms with E-state index in [-0.39, 0.29) is 0 Å². The molecule has 0 N–H and O–H groups in total. The highest BCUT2D eigenvalue weighted by atomic mass is 16.5. The van der Waals surface area contributed by atoms with Crippen LogP contribution >= 0.6 is 0 Å². The summed E-state index contributed by atoms with van der Waals surface area (Å²) >= 11 is 0. The van der Waals surface area contributed by atoms with Gasteiger partial charge in [-0.15, -0.1) is 0 Å². The second-order valence-corrected chi connectivity index (χ2v) is 2.57. The van der Waals surface area contributed by atoms with E-state index in [4.69, 9.17) is 4.74 Å². The maximum atomic E-state index is 10.0. The Morgan fingerprint density at radius 3 is 3.25 bits per heavy atom. The number of nitrogens with zero attached hydrogens (tertiary/aromatic N) is 1. The second kappa shape index (κ2) is 2.80. The zero-order valence-corrected chi connectivity index (χ0v) is 6.41. The smallest absolute Gasteiger partial charge is 0.240 e. The number of para-hydroxylation sites is 1. The monoisotopic (exact) mass is 161 g/mol. The average molecular weight is 161 g/mol. The van der Waals surface area contributed by atoms with Crippen LogP contribution in [0.4, 0.5) is 5.69 Å². The third kappa shape index (κ3) is 1.00. The summed E-state index contributed by atoms with van der Waals surface area (Å²) in [6.07, 6.45) is 2.41. The van der Waals surface area contributed by atoms with Crippen molar-refractivity contribution in [3.8, 4) is 5.75 Å². The van der Waals surface area contributed by atoms with E-state index < -0.39 is 0 Å². The van der Waals surface area contributed by atoms with Gasteiger partial charge in [0.2, 0.25) is 6.08 Å². The van der Waals surface area contributed by atoms with Crippen LogP contribution in [0.15, 0.2) is 23.2 Å². The first kappa shape index (κ1) is 7.07. The molecule has 1 aliphatic heterocycles. The molecule has 0 amide bonds. The summed E-state index contributed by atoms with van der Waals surface area (Å²) in [6, 6.07) is 5.59. The predicted molar refractivity (Wildman–Crippen MR) is 43.4 cm³/mol. The minimum Gasteiger partial charge on any atom is -0.491 e. The van der Waals surface area contributed by atoms with Gasteiger partial charge in [-0.1, -0.05) is 12.1 Å². The maximum Gasteiger partial charge on any atom is 0.240 e. The predicted octanol–water partition coefficient (Wildman–Crippen LogP) is 1.59. The van der Waals surface area contributed by atoms with Crippen molar-refractivity contribution in [3.05, 3.63) is 23.8 Å². The molecule has 0 saturated heterocycles. The number of isocyanates is 1. The number of carbonyl (C=O) groups excluding carboxylic acids is 1. The van der Waals surface area contributed by atoms with Crippen molar-refractivity contribution in [2.24, 2.45) is 4.99 Å². The van der Waals surface area contributed by atoms with Gasteiger partial charge >= 0.3 is 0 Å². The number of hydrogen-bond donors (Lipinski definition) is 0. The van der Waals surface area contributed by atoms with Crippen molar-refractivity contribution in [1.29, 1.82) is 0 Å². The molecule has 0 atom stereocenters. The van der Waals surface area contributed by atoms with Crippen molar-refractivity contribution in [1.82, 2.24) is 0 Å². The Kier molecular flexibility index (Phi) is 1.65. The fourth-order valence-electron chi connectivity index (χ4n) is 1.34. The number of ether oxygens (including phenoxy) is 1. The Morgan fingerprint density at radius 1 is 1.50 bits per heavy atom. The first-order valence-electron chi connectivity index (χ1n) is 3.74. The summed E-state index contributed by atoms with van der Waals surface area (Å²) in [4.78, 5) is 13.6. The van der Waals surface area contributed by atoms with Crippen LogP contribution in [0, 0.1) is 0 Å². The van der Waals surface area contributed by atoms with Crippen LogP contribution in [0.5, 0.6) is 5.75 Å². The van der Waals surface area contributed by atoms with Gasteiger partial charge in [-0.25, -0.2) is 4.79 Å². The number of fused-ring (bicyclic) bond motifs is 1. The van der Waals surface area contributed by atoms with E-state index in [0.717, 1.165) is 17.7 Å². The fourth-order valence-corrected chi connectivity index (χ4v) is 1.34. The first-order valence-corrected chi connectivity index (χ1v) is 3.74. The second-order valence-electron chi connectivity index (χ2n) is 2.57. The van der Waals surface area contributed by atoms with Crippen LogP contribution < -0.4 is 4.74 Å². The number of aliphatic imine (C=N–C) groups is 1. The quantitative estimate of drug-likeness (QED) is 0.463. The van der Waals surface area contributed by atoms with Crippen molar-refractivity contribution in [2.45, 2.75) is 6.42 Å². The van der Waals surface area contributed by atoms with Crippen LogP contribution in [-0.4, -0.2) is 12.7 Å². The molecule has 0 unspecified atom stereocenters. The van der Waals surface area contributed by atoms with Crippen molar-refractivity contribution in [2.75, 3.05) is 6.61 Å².